The fourth-order valence-electron chi connectivity index (χ4n) is 4.19. The zero-order valence-electron chi connectivity index (χ0n) is 17.1. The van der Waals surface area contributed by atoms with Gasteiger partial charge in [-0.1, -0.05) is 36.4 Å². The molecule has 3 aromatic rings. The van der Waals surface area contributed by atoms with E-state index in [9.17, 15) is 24.8 Å². The molecule has 4 rings (SSSR count). The Morgan fingerprint density at radius 2 is 1.84 bits per heavy atom. The fourth-order valence-corrected chi connectivity index (χ4v) is 4.19. The molecule has 1 aromatic heterocycles. The first-order valence-corrected chi connectivity index (χ1v) is 9.78. The highest BCUT2D eigenvalue weighted by Crippen LogP contribution is 2.32. The van der Waals surface area contributed by atoms with E-state index >= 15 is 0 Å². The van der Waals surface area contributed by atoms with Gasteiger partial charge in [0.25, 0.3) is 11.6 Å². The molecule has 31 heavy (non-hydrogen) atoms. The van der Waals surface area contributed by atoms with Crippen LogP contribution < -0.4 is 0 Å². The number of nitro benzene ring substituents is 1. The third-order valence-corrected chi connectivity index (χ3v) is 5.97. The number of H-pyrrole nitrogens is 1. The van der Waals surface area contributed by atoms with E-state index in [0.29, 0.717) is 16.5 Å². The van der Waals surface area contributed by atoms with E-state index in [0.717, 1.165) is 10.5 Å². The van der Waals surface area contributed by atoms with Crippen molar-refractivity contribution in [3.8, 4) is 0 Å². The molecule has 2 amide bonds. The number of hydrogen-bond donors (Lipinski definition) is 2. The van der Waals surface area contributed by atoms with Gasteiger partial charge in [0.2, 0.25) is 11.6 Å². The van der Waals surface area contributed by atoms with E-state index < -0.39 is 28.5 Å². The molecule has 9 nitrogen and oxygen atoms in total. The minimum Gasteiger partial charge on any atom is -0.363 e. The number of rotatable bonds is 5. The Hall–Kier alpha value is -3.72. The van der Waals surface area contributed by atoms with Gasteiger partial charge in [-0.25, -0.2) is 0 Å². The molecule has 0 bridgehead atoms. The molecule has 160 valence electrons. The topological polar surface area (TPSA) is 120 Å². The summed E-state index contributed by atoms with van der Waals surface area (Å²) in [6, 6.07) is 12.8. The molecule has 0 aliphatic carbocycles. The highest BCUT2D eigenvalue weighted by molar-refractivity contribution is 5.99. The number of hydrogen-bond acceptors (Lipinski definition) is 5. The summed E-state index contributed by atoms with van der Waals surface area (Å²) in [5, 5.41) is 23.0. The van der Waals surface area contributed by atoms with Crippen LogP contribution in [-0.2, 0) is 22.4 Å². The zero-order valence-corrected chi connectivity index (χ0v) is 17.1. The van der Waals surface area contributed by atoms with E-state index in [1.54, 1.807) is 42.6 Å². The van der Waals surface area contributed by atoms with Crippen molar-refractivity contribution in [3.05, 3.63) is 76.0 Å². The molecule has 2 heterocycles. The summed E-state index contributed by atoms with van der Waals surface area (Å²) in [5.74, 6) is -1.04. The number of fused-ring (bicyclic) bond motifs is 1. The summed E-state index contributed by atoms with van der Waals surface area (Å²) < 4.78 is 0. The summed E-state index contributed by atoms with van der Waals surface area (Å²) in [6.45, 7) is 0. The number of likely N-dealkylation sites (N-methyl/N-ethyl adjacent to an activating group) is 2. The number of non-ortho nitro benzene ring substituents is 1. The van der Waals surface area contributed by atoms with Gasteiger partial charge in [-0.15, -0.1) is 0 Å². The Labute approximate surface area is 178 Å². The zero-order chi connectivity index (χ0) is 22.3. The van der Waals surface area contributed by atoms with Crippen LogP contribution in [0.2, 0.25) is 0 Å². The summed E-state index contributed by atoms with van der Waals surface area (Å²) in [6.07, 6.45) is 1.66. The molecule has 0 spiro atoms. The molecule has 1 aliphatic heterocycles. The minimum absolute atomic E-state index is 0.0372. The number of nitrogens with one attached hydrogen (secondary N) is 1. The van der Waals surface area contributed by atoms with Crippen LogP contribution in [0.5, 0.6) is 0 Å². The van der Waals surface area contributed by atoms with E-state index in [1.807, 2.05) is 6.07 Å². The summed E-state index contributed by atoms with van der Waals surface area (Å²) >= 11 is 0. The predicted molar refractivity (Wildman–Crippen MR) is 113 cm³/mol. The molecule has 1 aliphatic rings. The van der Waals surface area contributed by atoms with E-state index in [2.05, 4.69) is 4.98 Å². The monoisotopic (exact) mass is 422 g/mol. The number of amides is 2. The van der Waals surface area contributed by atoms with Crippen molar-refractivity contribution in [2.75, 3.05) is 14.1 Å². The SMILES string of the molecule is CN1C(=O)[C@](O)(Cc2ccccc2)N(C)C(=O)[C@@H]1Cc1c[nH]c2cccc([N+](=O)[O-])c12. The van der Waals surface area contributed by atoms with Crippen LogP contribution in [0, 0.1) is 10.1 Å². The molecule has 0 radical (unpaired) electrons. The number of nitrogens with zero attached hydrogens (tertiary/aromatic N) is 3. The van der Waals surface area contributed by atoms with Gasteiger partial charge in [0.05, 0.1) is 15.8 Å². The van der Waals surface area contributed by atoms with Crippen LogP contribution in [0.1, 0.15) is 11.1 Å². The first-order chi connectivity index (χ1) is 14.7. The molecule has 2 atom stereocenters. The van der Waals surface area contributed by atoms with Crippen LogP contribution in [0.15, 0.2) is 54.7 Å². The van der Waals surface area contributed by atoms with E-state index in [1.165, 1.54) is 25.1 Å². The smallest absolute Gasteiger partial charge is 0.279 e. The van der Waals surface area contributed by atoms with Crippen molar-refractivity contribution >= 4 is 28.4 Å². The maximum atomic E-state index is 13.2. The number of aromatic amines is 1. The van der Waals surface area contributed by atoms with Crippen LogP contribution >= 0.6 is 0 Å². The van der Waals surface area contributed by atoms with Crippen molar-refractivity contribution in [1.29, 1.82) is 0 Å². The fraction of sp³-hybridized carbons (Fsp3) is 0.273. The lowest BCUT2D eigenvalue weighted by molar-refractivity contribution is -0.383. The number of benzene rings is 2. The first kappa shape index (κ1) is 20.5. The molecule has 2 N–H and O–H groups in total. The molecular formula is C22H22N4O5. The number of carbonyl (C=O) groups excluding carboxylic acids is 2. The summed E-state index contributed by atoms with van der Waals surface area (Å²) in [7, 11) is 2.87. The van der Waals surface area contributed by atoms with Crippen LogP contribution in [-0.4, -0.2) is 62.5 Å². The Balaban J connectivity index is 1.67. The highest BCUT2D eigenvalue weighted by Gasteiger charge is 2.53. The van der Waals surface area contributed by atoms with Gasteiger partial charge in [-0.2, -0.15) is 0 Å². The lowest BCUT2D eigenvalue weighted by Crippen LogP contribution is -2.70. The second kappa shape index (κ2) is 7.51. The lowest BCUT2D eigenvalue weighted by atomic mass is 9.92. The van der Waals surface area contributed by atoms with Gasteiger partial charge in [0, 0.05) is 39.2 Å². The van der Waals surface area contributed by atoms with Gasteiger partial charge in [0.15, 0.2) is 0 Å². The largest absolute Gasteiger partial charge is 0.363 e. The highest BCUT2D eigenvalue weighted by atomic mass is 16.6. The molecule has 2 aromatic carbocycles. The second-order valence-electron chi connectivity index (χ2n) is 7.78. The van der Waals surface area contributed by atoms with Crippen LogP contribution in [0.3, 0.4) is 0 Å². The van der Waals surface area contributed by atoms with Crippen molar-refractivity contribution in [2.45, 2.75) is 24.6 Å². The minimum atomic E-state index is -2.00. The second-order valence-corrected chi connectivity index (χ2v) is 7.78. The van der Waals surface area contributed by atoms with E-state index in [-0.39, 0.29) is 18.5 Å². The van der Waals surface area contributed by atoms with Crippen LogP contribution in [0.4, 0.5) is 5.69 Å². The third-order valence-electron chi connectivity index (χ3n) is 5.97. The molecule has 0 unspecified atom stereocenters. The molecular weight excluding hydrogens is 400 g/mol. The van der Waals surface area contributed by atoms with Gasteiger partial charge >= 0.3 is 0 Å². The van der Waals surface area contributed by atoms with Crippen molar-refractivity contribution in [3.63, 3.8) is 0 Å². The molecule has 1 fully saturated rings. The van der Waals surface area contributed by atoms with Gasteiger partial charge in [-0.05, 0) is 17.2 Å². The maximum absolute atomic E-state index is 13.2. The average Bonchev–Trinajstić information content (AvgIpc) is 3.18. The normalized spacial score (nSPS) is 21.7. The van der Waals surface area contributed by atoms with Crippen molar-refractivity contribution in [2.24, 2.45) is 0 Å². The molecule has 1 saturated heterocycles. The standard InChI is InChI=1S/C22H22N4O5/c1-24-18(11-15-13-23-16-9-6-10-17(19(15)16)26(30)31)20(27)25(2)22(29,21(24)28)12-14-7-4-3-5-8-14/h3-10,13,18,23,29H,11-12H2,1-2H3/t18-,22+/m0/s1. The maximum Gasteiger partial charge on any atom is 0.279 e. The summed E-state index contributed by atoms with van der Waals surface area (Å²) in [5.41, 5.74) is -0.217. The number of carbonyl (C=O) groups is 2. The third kappa shape index (κ3) is 3.32. The van der Waals surface area contributed by atoms with E-state index in [4.69, 9.17) is 0 Å². The van der Waals surface area contributed by atoms with Crippen molar-refractivity contribution in [1.82, 2.24) is 14.8 Å². The number of aromatic nitrogens is 1. The molecule has 9 heteroatoms. The molecule has 0 saturated carbocycles. The van der Waals surface area contributed by atoms with Gasteiger partial charge < -0.3 is 19.9 Å². The Kier molecular flexibility index (Phi) is 4.98. The average molecular weight is 422 g/mol. The number of piperazine rings is 1. The number of aliphatic hydroxyl groups is 1. The van der Waals surface area contributed by atoms with Crippen molar-refractivity contribution < 1.29 is 19.6 Å². The number of nitro groups is 1. The quantitative estimate of drug-likeness (QED) is 0.480. The summed E-state index contributed by atoms with van der Waals surface area (Å²) in [4.78, 5) is 42.7. The Morgan fingerprint density at radius 3 is 2.52 bits per heavy atom. The first-order valence-electron chi connectivity index (χ1n) is 9.78. The van der Waals surface area contributed by atoms with Gasteiger partial charge in [0.1, 0.15) is 6.04 Å². The van der Waals surface area contributed by atoms with Gasteiger partial charge in [-0.3, -0.25) is 19.7 Å². The Morgan fingerprint density at radius 1 is 1.13 bits per heavy atom. The Bertz CT molecular complexity index is 1180. The lowest BCUT2D eigenvalue weighted by Gasteiger charge is -2.47. The van der Waals surface area contributed by atoms with Crippen LogP contribution in [0.25, 0.3) is 10.9 Å². The predicted octanol–water partition coefficient (Wildman–Crippen LogP) is 1.85.